The fraction of sp³-hybridized carbons (Fsp3) is 0.286. The molecule has 0 atom stereocenters. The SMILES string of the molecule is CCNc1nc(C)cc(Nc2cc(C)ccc2Cl)n1. The summed E-state index contributed by atoms with van der Waals surface area (Å²) in [5, 5.41) is 7.01. The zero-order chi connectivity index (χ0) is 13.8. The largest absolute Gasteiger partial charge is 0.354 e. The van der Waals surface area contributed by atoms with Gasteiger partial charge in [0.15, 0.2) is 0 Å². The van der Waals surface area contributed by atoms with Gasteiger partial charge in [0.25, 0.3) is 0 Å². The van der Waals surface area contributed by atoms with Crippen LogP contribution in [0.5, 0.6) is 0 Å². The second-order valence-corrected chi connectivity index (χ2v) is 4.76. The van der Waals surface area contributed by atoms with Crippen LogP contribution in [0, 0.1) is 13.8 Å². The van der Waals surface area contributed by atoms with Crippen LogP contribution in [-0.4, -0.2) is 16.5 Å². The highest BCUT2D eigenvalue weighted by molar-refractivity contribution is 6.33. The molecule has 1 aromatic carbocycles. The lowest BCUT2D eigenvalue weighted by Crippen LogP contribution is -2.05. The van der Waals surface area contributed by atoms with Crippen molar-refractivity contribution in [3.05, 3.63) is 40.5 Å². The molecule has 0 saturated carbocycles. The first kappa shape index (κ1) is 13.6. The zero-order valence-corrected chi connectivity index (χ0v) is 12.0. The molecule has 0 amide bonds. The minimum Gasteiger partial charge on any atom is -0.354 e. The van der Waals surface area contributed by atoms with Crippen LogP contribution < -0.4 is 10.6 Å². The first-order valence-corrected chi connectivity index (χ1v) is 6.59. The van der Waals surface area contributed by atoms with Crippen molar-refractivity contribution in [1.82, 2.24) is 9.97 Å². The Morgan fingerprint density at radius 3 is 2.68 bits per heavy atom. The van der Waals surface area contributed by atoms with Gasteiger partial charge < -0.3 is 10.6 Å². The maximum atomic E-state index is 6.17. The van der Waals surface area contributed by atoms with E-state index in [2.05, 4.69) is 20.6 Å². The molecule has 0 saturated heterocycles. The number of hydrogen-bond donors (Lipinski definition) is 2. The van der Waals surface area contributed by atoms with Gasteiger partial charge in [-0.05, 0) is 38.5 Å². The van der Waals surface area contributed by atoms with E-state index in [0.717, 1.165) is 29.3 Å². The van der Waals surface area contributed by atoms with Crippen molar-refractivity contribution >= 4 is 29.1 Å². The van der Waals surface area contributed by atoms with Crippen LogP contribution in [0.1, 0.15) is 18.2 Å². The minimum atomic E-state index is 0.619. The van der Waals surface area contributed by atoms with E-state index >= 15 is 0 Å². The zero-order valence-electron chi connectivity index (χ0n) is 11.3. The van der Waals surface area contributed by atoms with Crippen molar-refractivity contribution in [2.45, 2.75) is 20.8 Å². The van der Waals surface area contributed by atoms with Gasteiger partial charge in [-0.25, -0.2) is 4.98 Å². The van der Waals surface area contributed by atoms with Crippen LogP contribution in [-0.2, 0) is 0 Å². The molecule has 0 unspecified atom stereocenters. The summed E-state index contributed by atoms with van der Waals surface area (Å²) in [6.07, 6.45) is 0. The molecule has 2 aromatic rings. The van der Waals surface area contributed by atoms with Crippen LogP contribution in [0.4, 0.5) is 17.5 Å². The standard InChI is InChI=1S/C14H17ClN4/c1-4-16-14-17-10(3)8-13(19-14)18-12-7-9(2)5-6-11(12)15/h5-8H,4H2,1-3H3,(H2,16,17,18,19). The number of nitrogens with one attached hydrogen (secondary N) is 2. The molecule has 0 aliphatic heterocycles. The van der Waals surface area contributed by atoms with Gasteiger partial charge in [-0.1, -0.05) is 17.7 Å². The van der Waals surface area contributed by atoms with Crippen LogP contribution in [0.2, 0.25) is 5.02 Å². The van der Waals surface area contributed by atoms with Crippen molar-refractivity contribution < 1.29 is 0 Å². The molecule has 19 heavy (non-hydrogen) atoms. The monoisotopic (exact) mass is 276 g/mol. The summed E-state index contributed by atoms with van der Waals surface area (Å²) in [4.78, 5) is 8.71. The Hall–Kier alpha value is -1.81. The van der Waals surface area contributed by atoms with Gasteiger partial charge >= 0.3 is 0 Å². The Bertz CT molecular complexity index is 584. The normalized spacial score (nSPS) is 10.3. The van der Waals surface area contributed by atoms with Crippen LogP contribution in [0.15, 0.2) is 24.3 Å². The van der Waals surface area contributed by atoms with Crippen LogP contribution >= 0.6 is 11.6 Å². The van der Waals surface area contributed by atoms with Crippen molar-refractivity contribution in [1.29, 1.82) is 0 Å². The summed E-state index contributed by atoms with van der Waals surface area (Å²) in [6, 6.07) is 7.73. The first-order valence-electron chi connectivity index (χ1n) is 6.21. The molecule has 2 N–H and O–H groups in total. The highest BCUT2D eigenvalue weighted by atomic mass is 35.5. The molecule has 100 valence electrons. The third kappa shape index (κ3) is 3.58. The van der Waals surface area contributed by atoms with E-state index in [1.165, 1.54) is 0 Å². The third-order valence-corrected chi connectivity index (χ3v) is 2.90. The number of hydrogen-bond acceptors (Lipinski definition) is 4. The summed E-state index contributed by atoms with van der Waals surface area (Å²) in [7, 11) is 0. The summed E-state index contributed by atoms with van der Waals surface area (Å²) in [5.41, 5.74) is 2.89. The molecule has 5 heteroatoms. The van der Waals surface area contributed by atoms with E-state index in [-0.39, 0.29) is 0 Å². The van der Waals surface area contributed by atoms with Crippen molar-refractivity contribution in [3.8, 4) is 0 Å². The van der Waals surface area contributed by atoms with Gasteiger partial charge in [-0.2, -0.15) is 4.98 Å². The summed E-state index contributed by atoms with van der Waals surface area (Å²) in [6.45, 7) is 6.76. The highest BCUT2D eigenvalue weighted by Gasteiger charge is 2.05. The summed E-state index contributed by atoms with van der Waals surface area (Å²) >= 11 is 6.17. The lowest BCUT2D eigenvalue weighted by atomic mass is 10.2. The van der Waals surface area contributed by atoms with E-state index in [9.17, 15) is 0 Å². The maximum absolute atomic E-state index is 6.17. The number of halogens is 1. The van der Waals surface area contributed by atoms with Gasteiger partial charge in [0, 0.05) is 18.3 Å². The number of rotatable bonds is 4. The van der Waals surface area contributed by atoms with E-state index in [1.54, 1.807) is 0 Å². The molecule has 0 radical (unpaired) electrons. The average molecular weight is 277 g/mol. The number of aryl methyl sites for hydroxylation is 2. The Balaban J connectivity index is 2.29. The number of anilines is 3. The van der Waals surface area contributed by atoms with Crippen LogP contribution in [0.3, 0.4) is 0 Å². The first-order chi connectivity index (χ1) is 9.08. The Kier molecular flexibility index (Phi) is 4.22. The van der Waals surface area contributed by atoms with E-state index in [0.29, 0.717) is 11.0 Å². The lowest BCUT2D eigenvalue weighted by Gasteiger charge is -2.11. The van der Waals surface area contributed by atoms with Crippen LogP contribution in [0.25, 0.3) is 0 Å². The smallest absolute Gasteiger partial charge is 0.224 e. The predicted molar refractivity (Wildman–Crippen MR) is 80.4 cm³/mol. The number of aromatic nitrogens is 2. The molecule has 0 fully saturated rings. The topological polar surface area (TPSA) is 49.8 Å². The van der Waals surface area contributed by atoms with Gasteiger partial charge in [-0.15, -0.1) is 0 Å². The molecule has 0 spiro atoms. The molecular formula is C14H17ClN4. The summed E-state index contributed by atoms with van der Waals surface area (Å²) < 4.78 is 0. The quantitative estimate of drug-likeness (QED) is 0.889. The van der Waals surface area contributed by atoms with E-state index in [1.807, 2.05) is 45.0 Å². The highest BCUT2D eigenvalue weighted by Crippen LogP contribution is 2.26. The summed E-state index contributed by atoms with van der Waals surface area (Å²) in [5.74, 6) is 1.35. The number of benzene rings is 1. The van der Waals surface area contributed by atoms with Gasteiger partial charge in [0.2, 0.25) is 5.95 Å². The van der Waals surface area contributed by atoms with Gasteiger partial charge in [-0.3, -0.25) is 0 Å². The fourth-order valence-electron chi connectivity index (χ4n) is 1.74. The molecule has 4 nitrogen and oxygen atoms in total. The van der Waals surface area contributed by atoms with Crippen molar-refractivity contribution in [2.24, 2.45) is 0 Å². The lowest BCUT2D eigenvalue weighted by molar-refractivity contribution is 1.05. The molecule has 2 rings (SSSR count). The second kappa shape index (κ2) is 5.89. The Morgan fingerprint density at radius 2 is 1.95 bits per heavy atom. The molecule has 0 bridgehead atoms. The molecule has 1 aromatic heterocycles. The predicted octanol–water partition coefficient (Wildman–Crippen LogP) is 3.92. The average Bonchev–Trinajstić information content (AvgIpc) is 2.33. The molecule has 0 aliphatic rings. The van der Waals surface area contributed by atoms with Crippen molar-refractivity contribution in [3.63, 3.8) is 0 Å². The molecular weight excluding hydrogens is 260 g/mol. The van der Waals surface area contributed by atoms with E-state index in [4.69, 9.17) is 11.6 Å². The van der Waals surface area contributed by atoms with Gasteiger partial charge in [0.1, 0.15) is 5.82 Å². The molecule has 0 aliphatic carbocycles. The Morgan fingerprint density at radius 1 is 1.16 bits per heavy atom. The van der Waals surface area contributed by atoms with Crippen molar-refractivity contribution in [2.75, 3.05) is 17.2 Å². The van der Waals surface area contributed by atoms with Gasteiger partial charge in [0.05, 0.1) is 10.7 Å². The fourth-order valence-corrected chi connectivity index (χ4v) is 1.91. The maximum Gasteiger partial charge on any atom is 0.224 e. The minimum absolute atomic E-state index is 0.619. The third-order valence-electron chi connectivity index (χ3n) is 2.57. The second-order valence-electron chi connectivity index (χ2n) is 4.36. The van der Waals surface area contributed by atoms with E-state index < -0.39 is 0 Å². The Labute approximate surface area is 118 Å². The number of nitrogens with zero attached hydrogens (tertiary/aromatic N) is 2. The molecule has 1 heterocycles.